The molecule has 1 heterocycles. The van der Waals surface area contributed by atoms with E-state index in [2.05, 4.69) is 48.2 Å². The second-order valence-electron chi connectivity index (χ2n) is 5.02. The lowest BCUT2D eigenvalue weighted by atomic mass is 10.0. The number of para-hydroxylation sites is 1. The Bertz CT molecular complexity index is 408. The minimum atomic E-state index is 0.632. The van der Waals surface area contributed by atoms with Crippen molar-refractivity contribution >= 4 is 5.69 Å². The Morgan fingerprint density at radius 2 is 2.12 bits per heavy atom. The molecule has 0 bridgehead atoms. The molecule has 2 aliphatic rings. The van der Waals surface area contributed by atoms with Gasteiger partial charge in [-0.05, 0) is 44.2 Å². The number of nitrogens with zero attached hydrogens (tertiary/aromatic N) is 1. The molecule has 2 unspecified atom stereocenters. The fraction of sp³-hybridized carbons (Fsp3) is 0.467. The summed E-state index contributed by atoms with van der Waals surface area (Å²) >= 11 is 0. The maximum Gasteiger partial charge on any atom is 0.0476 e. The van der Waals surface area contributed by atoms with Crippen LogP contribution in [-0.4, -0.2) is 12.1 Å². The highest BCUT2D eigenvalue weighted by molar-refractivity contribution is 5.60. The lowest BCUT2D eigenvalue weighted by molar-refractivity contribution is 0.547. The van der Waals surface area contributed by atoms with Gasteiger partial charge in [-0.2, -0.15) is 0 Å². The topological polar surface area (TPSA) is 3.24 Å². The summed E-state index contributed by atoms with van der Waals surface area (Å²) in [6, 6.07) is 10.2. The summed E-state index contributed by atoms with van der Waals surface area (Å²) in [5, 5.41) is 0. The first kappa shape index (κ1) is 9.95. The lowest BCUT2D eigenvalue weighted by Crippen LogP contribution is -2.39. The summed E-state index contributed by atoms with van der Waals surface area (Å²) in [5.41, 5.74) is 2.99. The van der Waals surface area contributed by atoms with Crippen LogP contribution in [0, 0.1) is 0 Å². The summed E-state index contributed by atoms with van der Waals surface area (Å²) in [6.45, 7) is 2.35. The van der Waals surface area contributed by atoms with E-state index >= 15 is 0 Å². The van der Waals surface area contributed by atoms with Crippen LogP contribution in [-0.2, 0) is 6.42 Å². The maximum absolute atomic E-state index is 2.62. The first-order chi connectivity index (χ1) is 7.86. The van der Waals surface area contributed by atoms with Crippen LogP contribution in [0.2, 0.25) is 0 Å². The zero-order valence-corrected chi connectivity index (χ0v) is 9.89. The SMILES string of the molecule is CC1Cc2ccccc2N1C1C=CCCC1. The van der Waals surface area contributed by atoms with E-state index in [0.717, 1.165) is 0 Å². The number of fused-ring (bicyclic) bond motifs is 1. The van der Waals surface area contributed by atoms with Crippen molar-refractivity contribution in [1.82, 2.24) is 0 Å². The second kappa shape index (κ2) is 3.97. The Labute approximate surface area is 97.8 Å². The molecule has 1 aromatic rings. The van der Waals surface area contributed by atoms with Crippen molar-refractivity contribution < 1.29 is 0 Å². The quantitative estimate of drug-likeness (QED) is 0.645. The predicted molar refractivity (Wildman–Crippen MR) is 68.9 cm³/mol. The number of allylic oxidation sites excluding steroid dienone is 1. The molecule has 1 aromatic carbocycles. The summed E-state index contributed by atoms with van der Waals surface area (Å²) in [4.78, 5) is 2.62. The van der Waals surface area contributed by atoms with E-state index in [1.54, 1.807) is 0 Å². The van der Waals surface area contributed by atoms with Crippen molar-refractivity contribution in [3.8, 4) is 0 Å². The summed E-state index contributed by atoms with van der Waals surface area (Å²) in [6.07, 6.45) is 9.88. The second-order valence-corrected chi connectivity index (χ2v) is 5.02. The highest BCUT2D eigenvalue weighted by Gasteiger charge is 2.30. The van der Waals surface area contributed by atoms with E-state index in [-0.39, 0.29) is 0 Å². The monoisotopic (exact) mass is 213 g/mol. The molecule has 0 saturated heterocycles. The molecule has 0 N–H and O–H groups in total. The van der Waals surface area contributed by atoms with Crippen molar-refractivity contribution in [2.24, 2.45) is 0 Å². The van der Waals surface area contributed by atoms with Crippen LogP contribution in [0.1, 0.15) is 31.7 Å². The van der Waals surface area contributed by atoms with E-state index in [0.29, 0.717) is 12.1 Å². The maximum atomic E-state index is 2.62. The van der Waals surface area contributed by atoms with Crippen LogP contribution in [0.3, 0.4) is 0 Å². The van der Waals surface area contributed by atoms with E-state index in [1.807, 2.05) is 0 Å². The van der Waals surface area contributed by atoms with Gasteiger partial charge in [-0.1, -0.05) is 30.4 Å². The van der Waals surface area contributed by atoms with Gasteiger partial charge in [-0.3, -0.25) is 0 Å². The Hall–Kier alpha value is -1.24. The first-order valence-electron chi connectivity index (χ1n) is 6.39. The molecule has 1 aliphatic carbocycles. The lowest BCUT2D eigenvalue weighted by Gasteiger charge is -2.34. The zero-order chi connectivity index (χ0) is 11.0. The number of hydrogen-bond donors (Lipinski definition) is 0. The van der Waals surface area contributed by atoms with Gasteiger partial charge in [0.2, 0.25) is 0 Å². The average molecular weight is 213 g/mol. The van der Waals surface area contributed by atoms with Crippen LogP contribution >= 0.6 is 0 Å². The van der Waals surface area contributed by atoms with Crippen LogP contribution in [0.4, 0.5) is 5.69 Å². The van der Waals surface area contributed by atoms with Gasteiger partial charge in [0.05, 0.1) is 0 Å². The molecule has 84 valence electrons. The van der Waals surface area contributed by atoms with Gasteiger partial charge >= 0.3 is 0 Å². The molecule has 1 nitrogen and oxygen atoms in total. The van der Waals surface area contributed by atoms with Crippen LogP contribution < -0.4 is 4.90 Å². The summed E-state index contributed by atoms with van der Waals surface area (Å²) < 4.78 is 0. The molecule has 0 spiro atoms. The predicted octanol–water partition coefficient (Wildman–Crippen LogP) is 3.55. The molecule has 0 radical (unpaired) electrons. The standard InChI is InChI=1S/C15H19N/c1-12-11-13-7-5-6-10-15(13)16(12)14-8-3-2-4-9-14/h3,5-8,10,12,14H,2,4,9,11H2,1H3. The Morgan fingerprint density at radius 3 is 2.94 bits per heavy atom. The van der Waals surface area contributed by atoms with Gasteiger partial charge < -0.3 is 4.90 Å². The molecule has 0 aromatic heterocycles. The Morgan fingerprint density at radius 1 is 1.25 bits per heavy atom. The third-order valence-electron chi connectivity index (χ3n) is 3.85. The fourth-order valence-electron chi connectivity index (χ4n) is 3.12. The first-order valence-corrected chi connectivity index (χ1v) is 6.39. The average Bonchev–Trinajstić information content (AvgIpc) is 2.66. The minimum absolute atomic E-state index is 0.632. The Balaban J connectivity index is 1.95. The van der Waals surface area contributed by atoms with Crippen molar-refractivity contribution in [1.29, 1.82) is 0 Å². The summed E-state index contributed by atoms with van der Waals surface area (Å²) in [7, 11) is 0. The number of rotatable bonds is 1. The largest absolute Gasteiger partial charge is 0.362 e. The molecular formula is C15H19N. The van der Waals surface area contributed by atoms with E-state index in [4.69, 9.17) is 0 Å². The minimum Gasteiger partial charge on any atom is -0.362 e. The van der Waals surface area contributed by atoms with E-state index < -0.39 is 0 Å². The zero-order valence-electron chi connectivity index (χ0n) is 9.89. The van der Waals surface area contributed by atoms with Gasteiger partial charge in [0.25, 0.3) is 0 Å². The normalized spacial score (nSPS) is 28.2. The van der Waals surface area contributed by atoms with Crippen LogP contribution in [0.5, 0.6) is 0 Å². The third-order valence-corrected chi connectivity index (χ3v) is 3.85. The molecule has 0 saturated carbocycles. The molecule has 1 heteroatoms. The van der Waals surface area contributed by atoms with Gasteiger partial charge in [0.15, 0.2) is 0 Å². The van der Waals surface area contributed by atoms with Crippen molar-refractivity contribution in [2.45, 2.75) is 44.7 Å². The molecule has 3 rings (SSSR count). The third kappa shape index (κ3) is 1.55. The molecule has 0 fully saturated rings. The van der Waals surface area contributed by atoms with E-state index in [1.165, 1.54) is 36.9 Å². The van der Waals surface area contributed by atoms with Gasteiger partial charge in [0.1, 0.15) is 0 Å². The Kier molecular flexibility index (Phi) is 2.47. The molecular weight excluding hydrogens is 194 g/mol. The number of benzene rings is 1. The van der Waals surface area contributed by atoms with Crippen molar-refractivity contribution in [3.05, 3.63) is 42.0 Å². The highest BCUT2D eigenvalue weighted by atomic mass is 15.2. The van der Waals surface area contributed by atoms with E-state index in [9.17, 15) is 0 Å². The fourth-order valence-corrected chi connectivity index (χ4v) is 3.12. The molecule has 1 aliphatic heterocycles. The van der Waals surface area contributed by atoms with Gasteiger partial charge in [0, 0.05) is 17.8 Å². The van der Waals surface area contributed by atoms with Gasteiger partial charge in [-0.15, -0.1) is 0 Å². The highest BCUT2D eigenvalue weighted by Crippen LogP contribution is 2.35. The molecule has 0 amide bonds. The van der Waals surface area contributed by atoms with Crippen LogP contribution in [0.15, 0.2) is 36.4 Å². The smallest absolute Gasteiger partial charge is 0.0476 e. The number of hydrogen-bond acceptors (Lipinski definition) is 1. The molecule has 16 heavy (non-hydrogen) atoms. The van der Waals surface area contributed by atoms with Crippen molar-refractivity contribution in [3.63, 3.8) is 0 Å². The van der Waals surface area contributed by atoms with Crippen LogP contribution in [0.25, 0.3) is 0 Å². The van der Waals surface area contributed by atoms with Gasteiger partial charge in [-0.25, -0.2) is 0 Å². The summed E-state index contributed by atoms with van der Waals surface area (Å²) in [5.74, 6) is 0. The van der Waals surface area contributed by atoms with Crippen molar-refractivity contribution in [2.75, 3.05) is 4.90 Å². The number of anilines is 1. The molecule has 2 atom stereocenters.